The normalized spacial score (nSPS) is 19.3. The minimum Gasteiger partial charge on any atom is -0.497 e. The topological polar surface area (TPSA) is 169 Å². The van der Waals surface area contributed by atoms with Crippen molar-refractivity contribution in [3.8, 4) is 11.5 Å². The fraction of sp³-hybridized carbons (Fsp3) is 0.415. The van der Waals surface area contributed by atoms with Gasteiger partial charge in [-0.15, -0.1) is 0 Å². The molecule has 0 aliphatic carbocycles. The fourth-order valence-electron chi connectivity index (χ4n) is 7.26. The maximum Gasteiger partial charge on any atom is 0.350 e. The lowest BCUT2D eigenvalue weighted by Gasteiger charge is -2.37. The van der Waals surface area contributed by atoms with Gasteiger partial charge in [-0.25, -0.2) is 9.46 Å². The van der Waals surface area contributed by atoms with Crippen molar-refractivity contribution in [2.24, 2.45) is 5.16 Å². The minimum atomic E-state index is -1.81. The first kappa shape index (κ1) is 41.7. The van der Waals surface area contributed by atoms with Crippen LogP contribution in [0.25, 0.3) is 5.65 Å². The highest BCUT2D eigenvalue weighted by molar-refractivity contribution is 7.44. The molecule has 1 saturated heterocycles. The van der Waals surface area contributed by atoms with Gasteiger partial charge >= 0.3 is 14.2 Å². The summed E-state index contributed by atoms with van der Waals surface area (Å²) in [5, 5.41) is 8.61. The number of hydrogen-bond acceptors (Lipinski definition) is 13. The van der Waals surface area contributed by atoms with Crippen LogP contribution in [-0.2, 0) is 29.0 Å². The zero-order valence-corrected chi connectivity index (χ0v) is 34.5. The van der Waals surface area contributed by atoms with Crippen molar-refractivity contribution in [3.05, 3.63) is 118 Å². The van der Waals surface area contributed by atoms with Crippen molar-refractivity contribution in [1.82, 2.24) is 24.3 Å². The van der Waals surface area contributed by atoms with Crippen LogP contribution in [0.1, 0.15) is 69.4 Å². The van der Waals surface area contributed by atoms with Crippen LogP contribution in [0.15, 0.2) is 95.0 Å². The zero-order chi connectivity index (χ0) is 40.7. The van der Waals surface area contributed by atoms with E-state index in [1.54, 1.807) is 27.5 Å². The number of rotatable bonds is 18. The van der Waals surface area contributed by atoms with Gasteiger partial charge in [-0.1, -0.05) is 66.7 Å². The molecule has 3 N–H and O–H groups in total. The highest BCUT2D eigenvalue weighted by Crippen LogP contribution is 2.52. The number of nitrogens with zero attached hydrogens (tertiary/aromatic N) is 5. The van der Waals surface area contributed by atoms with Crippen molar-refractivity contribution >= 4 is 26.3 Å². The number of methoxy groups -OCH3 is 3. The lowest BCUT2D eigenvalue weighted by Crippen LogP contribution is -2.41. The van der Waals surface area contributed by atoms with Crippen LogP contribution in [0.5, 0.6) is 11.5 Å². The standard InChI is InChI=1S/C41H52N7O8P/c1-9-23-44-56-57(48(26(2)3)27(4)5)55-37-35(33-24-43-47-38(33)45-39(42)46-40(47)49)54-34(36(37)52-8)25-53-41(28-13-11-10-12-14-28,29-15-19-31(50-6)20-16-29)30-17-21-32(51-7)22-18-30/h10-24,26-27,34-37H,9,25H2,1-8H3,(H3,42,45,46,49)/b44-23+. The number of fused-ring (bicyclic) bond motifs is 1. The lowest BCUT2D eigenvalue weighted by molar-refractivity contribution is -0.0890. The number of oxime groups is 1. The molecule has 6 rings (SSSR count). The van der Waals surface area contributed by atoms with E-state index in [0.29, 0.717) is 23.5 Å². The summed E-state index contributed by atoms with van der Waals surface area (Å²) in [5.74, 6) is 1.35. The number of ether oxygens (including phenoxy) is 5. The summed E-state index contributed by atoms with van der Waals surface area (Å²) < 4.78 is 48.0. The maximum atomic E-state index is 12.9. The number of nitrogens with two attached hydrogens (primary N) is 1. The second kappa shape index (κ2) is 18.6. The molecule has 0 spiro atoms. The first-order valence-electron chi connectivity index (χ1n) is 18.9. The van der Waals surface area contributed by atoms with Gasteiger partial charge in [0.15, 0.2) is 5.65 Å². The molecule has 15 nitrogen and oxygen atoms in total. The second-order valence-corrected chi connectivity index (χ2v) is 15.3. The van der Waals surface area contributed by atoms with Gasteiger partial charge in [0.1, 0.15) is 41.5 Å². The number of H-pyrrole nitrogens is 1. The number of nitrogens with one attached hydrogen (secondary N) is 1. The first-order valence-corrected chi connectivity index (χ1v) is 20.0. The van der Waals surface area contributed by atoms with E-state index >= 15 is 0 Å². The predicted molar refractivity (Wildman–Crippen MR) is 218 cm³/mol. The smallest absolute Gasteiger partial charge is 0.350 e. The van der Waals surface area contributed by atoms with E-state index in [4.69, 9.17) is 38.6 Å². The second-order valence-electron chi connectivity index (χ2n) is 14.0. The van der Waals surface area contributed by atoms with Gasteiger partial charge < -0.3 is 38.6 Å². The molecule has 5 aromatic rings. The zero-order valence-electron chi connectivity index (χ0n) is 33.6. The molecule has 5 unspecified atom stereocenters. The van der Waals surface area contributed by atoms with Gasteiger partial charge in [-0.2, -0.15) is 14.6 Å². The molecule has 304 valence electrons. The Kier molecular flexibility index (Phi) is 13.6. The summed E-state index contributed by atoms with van der Waals surface area (Å²) in [4.78, 5) is 19.9. The van der Waals surface area contributed by atoms with Gasteiger partial charge in [0, 0.05) is 31.0 Å². The molecule has 1 aliphatic heterocycles. The van der Waals surface area contributed by atoms with Crippen LogP contribution in [0.3, 0.4) is 0 Å². The van der Waals surface area contributed by atoms with Crippen LogP contribution in [0, 0.1) is 0 Å². The monoisotopic (exact) mass is 801 g/mol. The Morgan fingerprint density at radius 2 is 1.53 bits per heavy atom. The number of aromatic nitrogens is 4. The van der Waals surface area contributed by atoms with Crippen LogP contribution >= 0.6 is 8.53 Å². The highest BCUT2D eigenvalue weighted by Gasteiger charge is 2.52. The van der Waals surface area contributed by atoms with Gasteiger partial charge in [0.25, 0.3) is 0 Å². The number of nitrogen functional groups attached to an aromatic ring is 1. The van der Waals surface area contributed by atoms with Crippen molar-refractivity contribution in [3.63, 3.8) is 0 Å². The van der Waals surface area contributed by atoms with E-state index in [9.17, 15) is 4.79 Å². The Morgan fingerprint density at radius 1 is 0.930 bits per heavy atom. The lowest BCUT2D eigenvalue weighted by atomic mass is 9.80. The summed E-state index contributed by atoms with van der Waals surface area (Å²) in [6.45, 7) is 10.3. The van der Waals surface area contributed by atoms with Gasteiger partial charge in [-0.3, -0.25) is 4.98 Å². The first-order chi connectivity index (χ1) is 27.6. The van der Waals surface area contributed by atoms with Crippen LogP contribution in [-0.4, -0.2) is 88.8 Å². The molecule has 1 fully saturated rings. The molecule has 0 amide bonds. The SMILES string of the molecule is CC/C=N/OP(OC1C(c2cnn3c(=O)[nH]c(N)nc23)OC(COC(c2ccccc2)(c2ccc(OC)cc2)c2ccc(OC)cc2)C1OC)N(C(C)C)C(C)C. The number of hydrogen-bond donors (Lipinski definition) is 2. The number of benzene rings is 3. The largest absolute Gasteiger partial charge is 0.497 e. The quantitative estimate of drug-likeness (QED) is 0.0421. The molecular weight excluding hydrogens is 749 g/mol. The molecule has 57 heavy (non-hydrogen) atoms. The third-order valence-electron chi connectivity index (χ3n) is 9.78. The Hall–Kier alpha value is -4.89. The highest BCUT2D eigenvalue weighted by atomic mass is 31.2. The number of aromatic amines is 1. The molecule has 0 bridgehead atoms. The van der Waals surface area contributed by atoms with Crippen molar-refractivity contribution in [1.29, 1.82) is 0 Å². The predicted octanol–water partition coefficient (Wildman–Crippen LogP) is 6.62. The third kappa shape index (κ3) is 8.69. The summed E-state index contributed by atoms with van der Waals surface area (Å²) >= 11 is 0. The Bertz CT molecular complexity index is 2070. The molecule has 16 heteroatoms. The Balaban J connectivity index is 1.47. The fourth-order valence-corrected chi connectivity index (χ4v) is 8.83. The Morgan fingerprint density at radius 3 is 2.07 bits per heavy atom. The van der Waals surface area contributed by atoms with E-state index in [1.807, 2.05) is 85.8 Å². The average Bonchev–Trinajstić information content (AvgIpc) is 3.79. The number of anilines is 1. The van der Waals surface area contributed by atoms with Crippen molar-refractivity contribution in [2.75, 3.05) is 33.7 Å². The van der Waals surface area contributed by atoms with Crippen LogP contribution in [0.2, 0.25) is 0 Å². The van der Waals surface area contributed by atoms with Crippen LogP contribution in [0.4, 0.5) is 5.95 Å². The van der Waals surface area contributed by atoms with E-state index in [-0.39, 0.29) is 30.3 Å². The molecule has 5 atom stereocenters. The molecule has 3 heterocycles. The molecule has 0 radical (unpaired) electrons. The van der Waals surface area contributed by atoms with Crippen molar-refractivity contribution < 1.29 is 32.8 Å². The minimum absolute atomic E-state index is 0.0298. The summed E-state index contributed by atoms with van der Waals surface area (Å²) in [5.41, 5.74) is 7.65. The summed E-state index contributed by atoms with van der Waals surface area (Å²) in [6, 6.07) is 25.7. The van der Waals surface area contributed by atoms with Gasteiger partial charge in [0.05, 0.1) is 27.0 Å². The van der Waals surface area contributed by atoms with E-state index in [2.05, 4.69) is 52.6 Å². The molecule has 3 aromatic carbocycles. The molecule has 0 saturated carbocycles. The molecular formula is C41H52N7O8P. The molecule has 2 aromatic heterocycles. The molecule has 1 aliphatic rings. The van der Waals surface area contributed by atoms with E-state index in [0.717, 1.165) is 21.2 Å². The Labute approximate surface area is 334 Å². The van der Waals surface area contributed by atoms with Gasteiger partial charge in [-0.05, 0) is 75.1 Å². The van der Waals surface area contributed by atoms with E-state index < -0.39 is 44.2 Å². The van der Waals surface area contributed by atoms with Gasteiger partial charge in [0.2, 0.25) is 5.95 Å². The van der Waals surface area contributed by atoms with E-state index in [1.165, 1.54) is 6.20 Å². The van der Waals surface area contributed by atoms with Crippen LogP contribution < -0.4 is 20.9 Å². The van der Waals surface area contributed by atoms with Crippen molar-refractivity contribution in [2.45, 2.75) is 83.1 Å². The average molecular weight is 802 g/mol. The third-order valence-corrected chi connectivity index (χ3v) is 11.7. The summed E-state index contributed by atoms with van der Waals surface area (Å²) in [6.07, 6.45) is 0.810. The maximum absolute atomic E-state index is 12.9. The summed E-state index contributed by atoms with van der Waals surface area (Å²) in [7, 11) is 3.06.